The molecule has 1 rings (SSSR count). The summed E-state index contributed by atoms with van der Waals surface area (Å²) in [7, 11) is -3.67. The Kier molecular flexibility index (Phi) is 5.13. The van der Waals surface area contributed by atoms with E-state index in [2.05, 4.69) is 5.32 Å². The summed E-state index contributed by atoms with van der Waals surface area (Å²) in [6.45, 7) is 1.73. The van der Waals surface area contributed by atoms with Crippen LogP contribution in [0.15, 0.2) is 18.2 Å². The minimum Gasteiger partial charge on any atom is -0.355 e. The number of hydrogen-bond donors (Lipinski definition) is 1. The predicted octanol–water partition coefficient (Wildman–Crippen LogP) is 1.38. The van der Waals surface area contributed by atoms with E-state index in [0.29, 0.717) is 6.54 Å². The molecular weight excluding hydrogens is 295 g/mol. The summed E-state index contributed by atoms with van der Waals surface area (Å²) in [6, 6.07) is 3.46. The van der Waals surface area contributed by atoms with Gasteiger partial charge < -0.3 is 5.32 Å². The third-order valence-corrected chi connectivity index (χ3v) is 3.68. The van der Waals surface area contributed by atoms with Gasteiger partial charge in [0.25, 0.3) is 0 Å². The second-order valence-electron chi connectivity index (χ2n) is 3.82. The highest BCUT2D eigenvalue weighted by molar-refractivity contribution is 7.92. The smallest absolute Gasteiger partial charge is 0.240 e. The summed E-state index contributed by atoms with van der Waals surface area (Å²) in [5, 5.41) is 2.29. The number of nitrogens with zero attached hydrogens (tertiary/aromatic N) is 1. The number of sulfonamides is 1. The highest BCUT2D eigenvalue weighted by atomic mass is 35.5. The number of halogens is 2. The minimum atomic E-state index is -3.67. The quantitative estimate of drug-likeness (QED) is 0.893. The molecule has 0 unspecified atom stereocenters. The van der Waals surface area contributed by atoms with Crippen molar-refractivity contribution in [3.8, 4) is 0 Å². The Bertz CT molecular complexity index is 577. The Labute approximate surface area is 116 Å². The molecule has 0 radical (unpaired) electrons. The molecule has 1 aromatic rings. The lowest BCUT2D eigenvalue weighted by molar-refractivity contribution is -0.119. The first-order valence-corrected chi connectivity index (χ1v) is 7.67. The maximum Gasteiger partial charge on any atom is 0.240 e. The first kappa shape index (κ1) is 15.7. The van der Waals surface area contributed by atoms with Gasteiger partial charge in [-0.15, -0.1) is 0 Å². The number of anilines is 1. The number of carbonyl (C=O) groups is 1. The van der Waals surface area contributed by atoms with E-state index in [0.717, 1.165) is 22.7 Å². The maximum absolute atomic E-state index is 13.1. The molecule has 0 heterocycles. The van der Waals surface area contributed by atoms with Crippen molar-refractivity contribution in [3.05, 3.63) is 29.0 Å². The number of likely N-dealkylation sites (N-methyl/N-ethyl adjacent to an activating group) is 1. The SMILES string of the molecule is CCNC(=O)CN(c1ccc(F)c(Cl)c1)S(C)(=O)=O. The maximum atomic E-state index is 13.1. The van der Waals surface area contributed by atoms with Gasteiger partial charge in [-0.1, -0.05) is 11.6 Å². The van der Waals surface area contributed by atoms with Gasteiger partial charge in [0.05, 0.1) is 17.0 Å². The van der Waals surface area contributed by atoms with Crippen molar-refractivity contribution in [2.75, 3.05) is 23.7 Å². The highest BCUT2D eigenvalue weighted by Crippen LogP contribution is 2.24. The van der Waals surface area contributed by atoms with Crippen LogP contribution in [0.5, 0.6) is 0 Å². The van der Waals surface area contributed by atoms with Crippen molar-refractivity contribution in [2.24, 2.45) is 0 Å². The van der Waals surface area contributed by atoms with Gasteiger partial charge in [-0.05, 0) is 25.1 Å². The average Bonchev–Trinajstić information content (AvgIpc) is 2.29. The lowest BCUT2D eigenvalue weighted by atomic mass is 10.3. The Morgan fingerprint density at radius 2 is 2.11 bits per heavy atom. The number of carbonyl (C=O) groups excluding carboxylic acids is 1. The van der Waals surface area contributed by atoms with E-state index in [9.17, 15) is 17.6 Å². The van der Waals surface area contributed by atoms with E-state index in [4.69, 9.17) is 11.6 Å². The molecule has 0 bridgehead atoms. The number of benzene rings is 1. The van der Waals surface area contributed by atoms with Crippen LogP contribution in [-0.4, -0.2) is 33.7 Å². The Balaban J connectivity index is 3.10. The molecular formula is C11H14ClFN2O3S. The van der Waals surface area contributed by atoms with Crippen LogP contribution >= 0.6 is 11.6 Å². The molecule has 1 amide bonds. The third kappa shape index (κ3) is 4.36. The second-order valence-corrected chi connectivity index (χ2v) is 6.14. The number of rotatable bonds is 5. The Morgan fingerprint density at radius 3 is 2.58 bits per heavy atom. The van der Waals surface area contributed by atoms with Gasteiger partial charge in [0, 0.05) is 6.54 Å². The molecule has 106 valence electrons. The van der Waals surface area contributed by atoms with Gasteiger partial charge in [-0.3, -0.25) is 9.10 Å². The molecule has 0 aromatic heterocycles. The lowest BCUT2D eigenvalue weighted by Gasteiger charge is -2.22. The fourth-order valence-corrected chi connectivity index (χ4v) is 2.45. The largest absolute Gasteiger partial charge is 0.355 e. The van der Waals surface area contributed by atoms with Gasteiger partial charge in [0.2, 0.25) is 15.9 Å². The molecule has 19 heavy (non-hydrogen) atoms. The molecule has 8 heteroatoms. The number of amides is 1. The van der Waals surface area contributed by atoms with E-state index >= 15 is 0 Å². The molecule has 0 saturated carbocycles. The van der Waals surface area contributed by atoms with Gasteiger partial charge in [-0.25, -0.2) is 12.8 Å². The molecule has 0 aliphatic carbocycles. The zero-order chi connectivity index (χ0) is 14.6. The topological polar surface area (TPSA) is 66.5 Å². The van der Waals surface area contributed by atoms with Crippen LogP contribution in [0.25, 0.3) is 0 Å². The minimum absolute atomic E-state index is 0.139. The zero-order valence-electron chi connectivity index (χ0n) is 10.5. The first-order chi connectivity index (χ1) is 8.75. The lowest BCUT2D eigenvalue weighted by Crippen LogP contribution is -2.40. The van der Waals surface area contributed by atoms with Crippen LogP contribution in [0.4, 0.5) is 10.1 Å². The third-order valence-electron chi connectivity index (χ3n) is 2.25. The summed E-state index contributed by atoms with van der Waals surface area (Å²) in [5.74, 6) is -1.11. The van der Waals surface area contributed by atoms with Crippen LogP contribution in [-0.2, 0) is 14.8 Å². The van der Waals surface area contributed by atoms with Gasteiger partial charge in [-0.2, -0.15) is 0 Å². The summed E-state index contributed by atoms with van der Waals surface area (Å²) >= 11 is 5.61. The fraction of sp³-hybridized carbons (Fsp3) is 0.364. The Hall–Kier alpha value is -1.34. The second kappa shape index (κ2) is 6.21. The monoisotopic (exact) mass is 308 g/mol. The van der Waals surface area contributed by atoms with Crippen LogP contribution in [0, 0.1) is 5.82 Å². The van der Waals surface area contributed by atoms with Gasteiger partial charge >= 0.3 is 0 Å². The number of nitrogens with one attached hydrogen (secondary N) is 1. The van der Waals surface area contributed by atoms with Crippen molar-refractivity contribution >= 4 is 33.2 Å². The van der Waals surface area contributed by atoms with E-state index < -0.39 is 21.7 Å². The molecule has 0 aliphatic heterocycles. The van der Waals surface area contributed by atoms with Crippen molar-refractivity contribution in [3.63, 3.8) is 0 Å². The van der Waals surface area contributed by atoms with E-state index in [1.807, 2.05) is 0 Å². The molecule has 0 saturated heterocycles. The van der Waals surface area contributed by atoms with Crippen molar-refractivity contribution in [1.82, 2.24) is 5.32 Å². The summed E-state index contributed by atoms with van der Waals surface area (Å²) in [6.07, 6.45) is 0.962. The predicted molar refractivity (Wildman–Crippen MR) is 72.3 cm³/mol. The van der Waals surface area contributed by atoms with Crippen molar-refractivity contribution in [2.45, 2.75) is 6.92 Å². The normalized spacial score (nSPS) is 11.2. The van der Waals surface area contributed by atoms with E-state index in [1.54, 1.807) is 6.92 Å². The fourth-order valence-electron chi connectivity index (χ4n) is 1.42. The first-order valence-electron chi connectivity index (χ1n) is 5.45. The van der Waals surface area contributed by atoms with E-state index in [-0.39, 0.29) is 17.3 Å². The highest BCUT2D eigenvalue weighted by Gasteiger charge is 2.21. The molecule has 0 spiro atoms. The van der Waals surface area contributed by atoms with Gasteiger partial charge in [0.15, 0.2) is 0 Å². The van der Waals surface area contributed by atoms with Crippen molar-refractivity contribution in [1.29, 1.82) is 0 Å². The van der Waals surface area contributed by atoms with E-state index in [1.165, 1.54) is 6.07 Å². The van der Waals surface area contributed by atoms with Crippen LogP contribution in [0.3, 0.4) is 0 Å². The summed E-state index contributed by atoms with van der Waals surface area (Å²) < 4.78 is 37.3. The van der Waals surface area contributed by atoms with Crippen molar-refractivity contribution < 1.29 is 17.6 Å². The molecule has 0 aliphatic rings. The molecule has 5 nitrogen and oxygen atoms in total. The Morgan fingerprint density at radius 1 is 1.47 bits per heavy atom. The molecule has 0 fully saturated rings. The zero-order valence-corrected chi connectivity index (χ0v) is 12.1. The van der Waals surface area contributed by atoms with Crippen LogP contribution in [0.1, 0.15) is 6.92 Å². The molecule has 1 N–H and O–H groups in total. The number of hydrogen-bond acceptors (Lipinski definition) is 3. The van der Waals surface area contributed by atoms with Crippen LogP contribution in [0.2, 0.25) is 5.02 Å². The summed E-state index contributed by atoms with van der Waals surface area (Å²) in [5.41, 5.74) is 0.139. The average molecular weight is 309 g/mol. The van der Waals surface area contributed by atoms with Crippen LogP contribution < -0.4 is 9.62 Å². The standard InChI is InChI=1S/C11H14ClFN2O3S/c1-3-14-11(16)7-15(19(2,17)18)8-4-5-10(13)9(12)6-8/h4-6H,3,7H2,1-2H3,(H,14,16). The van der Waals surface area contributed by atoms with Gasteiger partial charge in [0.1, 0.15) is 12.4 Å². The summed E-state index contributed by atoms with van der Waals surface area (Å²) in [4.78, 5) is 11.5. The molecule has 1 aromatic carbocycles. The molecule has 0 atom stereocenters.